The Morgan fingerprint density at radius 1 is 1.22 bits per heavy atom. The highest BCUT2D eigenvalue weighted by molar-refractivity contribution is 7.13. The number of aryl methyl sites for hydroxylation is 3. The molecule has 0 saturated carbocycles. The molecule has 2 aromatic rings. The molecule has 122 valence electrons. The number of piperidine rings is 1. The summed E-state index contributed by atoms with van der Waals surface area (Å²) in [5.41, 5.74) is 1.78. The standard InChI is InChI=1S/C17H21N3O2S/c1-11-5-4-6-15(18-11)22-14-7-9-20(10-8-14)17(21)16-12(2)19-13(3)23-16/h4-6,14H,7-10H2,1-3H3. The lowest BCUT2D eigenvalue weighted by Crippen LogP contribution is -2.41. The molecule has 6 heteroatoms. The van der Waals surface area contributed by atoms with Gasteiger partial charge in [0.05, 0.1) is 10.7 Å². The van der Waals surface area contributed by atoms with Gasteiger partial charge in [0.25, 0.3) is 5.91 Å². The van der Waals surface area contributed by atoms with Crippen LogP contribution in [0.5, 0.6) is 5.88 Å². The van der Waals surface area contributed by atoms with Crippen LogP contribution in [0, 0.1) is 20.8 Å². The summed E-state index contributed by atoms with van der Waals surface area (Å²) in [5, 5.41) is 0.939. The molecule has 0 N–H and O–H groups in total. The third-order valence-corrected chi connectivity index (χ3v) is 5.04. The maximum Gasteiger partial charge on any atom is 0.265 e. The van der Waals surface area contributed by atoms with Crippen molar-refractivity contribution in [1.82, 2.24) is 14.9 Å². The van der Waals surface area contributed by atoms with E-state index in [1.165, 1.54) is 11.3 Å². The zero-order chi connectivity index (χ0) is 16.4. The Labute approximate surface area is 140 Å². The third-order valence-electron chi connectivity index (χ3n) is 3.98. The summed E-state index contributed by atoms with van der Waals surface area (Å²) >= 11 is 1.48. The van der Waals surface area contributed by atoms with Crippen LogP contribution in [-0.4, -0.2) is 40.0 Å². The van der Waals surface area contributed by atoms with Crippen LogP contribution in [-0.2, 0) is 0 Å². The second kappa shape index (κ2) is 6.66. The largest absolute Gasteiger partial charge is 0.474 e. The number of ether oxygens (including phenoxy) is 1. The molecule has 5 nitrogen and oxygen atoms in total. The lowest BCUT2D eigenvalue weighted by Gasteiger charge is -2.31. The van der Waals surface area contributed by atoms with E-state index in [2.05, 4.69) is 9.97 Å². The number of amides is 1. The molecule has 3 rings (SSSR count). The smallest absolute Gasteiger partial charge is 0.265 e. The van der Waals surface area contributed by atoms with Crippen LogP contribution in [0.4, 0.5) is 0 Å². The predicted octanol–water partition coefficient (Wildman–Crippen LogP) is 3.15. The lowest BCUT2D eigenvalue weighted by molar-refractivity contribution is 0.0591. The van der Waals surface area contributed by atoms with E-state index in [1.54, 1.807) is 0 Å². The number of pyridine rings is 1. The molecule has 1 aliphatic heterocycles. The van der Waals surface area contributed by atoms with E-state index in [4.69, 9.17) is 4.74 Å². The van der Waals surface area contributed by atoms with Gasteiger partial charge in [-0.15, -0.1) is 11.3 Å². The van der Waals surface area contributed by atoms with E-state index in [-0.39, 0.29) is 12.0 Å². The number of thiazole rings is 1. The molecule has 2 aromatic heterocycles. The van der Waals surface area contributed by atoms with Crippen molar-refractivity contribution in [2.24, 2.45) is 0 Å². The van der Waals surface area contributed by atoms with E-state index in [0.717, 1.165) is 34.1 Å². The molecule has 0 bridgehead atoms. The first kappa shape index (κ1) is 15.9. The highest BCUT2D eigenvalue weighted by Gasteiger charge is 2.27. The van der Waals surface area contributed by atoms with Crippen LogP contribution in [0.25, 0.3) is 0 Å². The number of rotatable bonds is 3. The number of hydrogen-bond donors (Lipinski definition) is 0. The van der Waals surface area contributed by atoms with Gasteiger partial charge in [-0.2, -0.15) is 0 Å². The van der Waals surface area contributed by atoms with Crippen LogP contribution in [0.15, 0.2) is 18.2 Å². The number of carbonyl (C=O) groups is 1. The van der Waals surface area contributed by atoms with Crippen molar-refractivity contribution in [1.29, 1.82) is 0 Å². The van der Waals surface area contributed by atoms with Gasteiger partial charge in [0.1, 0.15) is 11.0 Å². The average Bonchev–Trinajstić information content (AvgIpc) is 2.86. The molecule has 3 heterocycles. The van der Waals surface area contributed by atoms with Crippen LogP contribution in [0.3, 0.4) is 0 Å². The summed E-state index contributed by atoms with van der Waals surface area (Å²) in [6.45, 7) is 7.21. The van der Waals surface area contributed by atoms with Crippen molar-refractivity contribution >= 4 is 17.2 Å². The van der Waals surface area contributed by atoms with Crippen LogP contribution in [0.1, 0.15) is 38.9 Å². The molecule has 23 heavy (non-hydrogen) atoms. The average molecular weight is 331 g/mol. The van der Waals surface area contributed by atoms with Gasteiger partial charge in [-0.05, 0) is 26.8 Å². The van der Waals surface area contributed by atoms with Gasteiger partial charge in [0.2, 0.25) is 5.88 Å². The van der Waals surface area contributed by atoms with E-state index < -0.39 is 0 Å². The fourth-order valence-corrected chi connectivity index (χ4v) is 3.69. The molecular weight excluding hydrogens is 310 g/mol. The van der Waals surface area contributed by atoms with Gasteiger partial charge in [0.15, 0.2) is 0 Å². The van der Waals surface area contributed by atoms with Crippen LogP contribution < -0.4 is 4.74 Å². The molecule has 0 atom stereocenters. The number of hydrogen-bond acceptors (Lipinski definition) is 5. The predicted molar refractivity (Wildman–Crippen MR) is 90.1 cm³/mol. The zero-order valence-electron chi connectivity index (χ0n) is 13.7. The minimum absolute atomic E-state index is 0.0974. The molecule has 0 unspecified atom stereocenters. The molecule has 1 saturated heterocycles. The van der Waals surface area contributed by atoms with E-state index >= 15 is 0 Å². The van der Waals surface area contributed by atoms with Gasteiger partial charge < -0.3 is 9.64 Å². The summed E-state index contributed by atoms with van der Waals surface area (Å²) in [5.74, 6) is 0.768. The normalized spacial score (nSPS) is 15.7. The van der Waals surface area contributed by atoms with Crippen LogP contribution in [0.2, 0.25) is 0 Å². The molecule has 0 spiro atoms. The first-order valence-electron chi connectivity index (χ1n) is 7.86. The van der Waals surface area contributed by atoms with Crippen LogP contribution >= 0.6 is 11.3 Å². The summed E-state index contributed by atoms with van der Waals surface area (Å²) in [6.07, 6.45) is 1.79. The number of carbonyl (C=O) groups excluding carboxylic acids is 1. The number of likely N-dealkylation sites (tertiary alicyclic amines) is 1. The number of nitrogens with zero attached hydrogens (tertiary/aromatic N) is 3. The molecule has 0 radical (unpaired) electrons. The molecule has 1 amide bonds. The summed E-state index contributed by atoms with van der Waals surface area (Å²) in [7, 11) is 0. The van der Waals surface area contributed by atoms with E-state index in [9.17, 15) is 4.79 Å². The zero-order valence-corrected chi connectivity index (χ0v) is 14.5. The monoisotopic (exact) mass is 331 g/mol. The van der Waals surface area contributed by atoms with Gasteiger partial charge >= 0.3 is 0 Å². The van der Waals surface area contributed by atoms with Gasteiger partial charge in [-0.1, -0.05) is 6.07 Å². The Bertz CT molecular complexity index is 706. The summed E-state index contributed by atoms with van der Waals surface area (Å²) in [6, 6.07) is 5.78. The molecule has 1 aliphatic rings. The topological polar surface area (TPSA) is 55.3 Å². The SMILES string of the molecule is Cc1cccc(OC2CCN(C(=O)c3sc(C)nc3C)CC2)n1. The van der Waals surface area contributed by atoms with Gasteiger partial charge in [-0.3, -0.25) is 4.79 Å². The first-order valence-corrected chi connectivity index (χ1v) is 8.68. The highest BCUT2D eigenvalue weighted by atomic mass is 32.1. The fraction of sp³-hybridized carbons (Fsp3) is 0.471. The lowest BCUT2D eigenvalue weighted by atomic mass is 10.1. The molecule has 0 aliphatic carbocycles. The minimum Gasteiger partial charge on any atom is -0.474 e. The maximum absolute atomic E-state index is 12.6. The Hall–Kier alpha value is -1.95. The Morgan fingerprint density at radius 2 is 1.96 bits per heavy atom. The Morgan fingerprint density at radius 3 is 2.57 bits per heavy atom. The molecule has 1 fully saturated rings. The molecule has 0 aromatic carbocycles. The van der Waals surface area contributed by atoms with Crippen molar-refractivity contribution in [3.63, 3.8) is 0 Å². The van der Waals surface area contributed by atoms with Gasteiger partial charge in [-0.25, -0.2) is 9.97 Å². The Kier molecular flexibility index (Phi) is 4.61. The maximum atomic E-state index is 12.6. The van der Waals surface area contributed by atoms with Crippen molar-refractivity contribution < 1.29 is 9.53 Å². The third kappa shape index (κ3) is 3.69. The van der Waals surface area contributed by atoms with Crippen molar-refractivity contribution in [2.45, 2.75) is 39.7 Å². The Balaban J connectivity index is 1.58. The van der Waals surface area contributed by atoms with E-state index in [1.807, 2.05) is 43.9 Å². The molecular formula is C17H21N3O2S. The van der Waals surface area contributed by atoms with Crippen molar-refractivity contribution in [3.8, 4) is 5.88 Å². The summed E-state index contributed by atoms with van der Waals surface area (Å²) < 4.78 is 5.94. The first-order chi connectivity index (χ1) is 11.0. The minimum atomic E-state index is 0.0974. The van der Waals surface area contributed by atoms with E-state index in [0.29, 0.717) is 19.0 Å². The van der Waals surface area contributed by atoms with Crippen molar-refractivity contribution in [2.75, 3.05) is 13.1 Å². The number of aromatic nitrogens is 2. The van der Waals surface area contributed by atoms with Gasteiger partial charge in [0, 0.05) is 37.7 Å². The summed E-state index contributed by atoms with van der Waals surface area (Å²) in [4.78, 5) is 24.0. The fourth-order valence-electron chi connectivity index (χ4n) is 2.80. The van der Waals surface area contributed by atoms with Crippen molar-refractivity contribution in [3.05, 3.63) is 39.5 Å². The second-order valence-corrected chi connectivity index (χ2v) is 7.08. The highest BCUT2D eigenvalue weighted by Crippen LogP contribution is 2.23. The second-order valence-electron chi connectivity index (χ2n) is 5.87. The quantitative estimate of drug-likeness (QED) is 0.867.